The number of alkyl halides is 3. The van der Waals surface area contributed by atoms with E-state index in [9.17, 15) is 21.6 Å². The third-order valence-electron chi connectivity index (χ3n) is 4.42. The largest absolute Gasteiger partial charge is 0.573 e. The molecule has 0 radical (unpaired) electrons. The zero-order valence-electron chi connectivity index (χ0n) is 13.7. The highest BCUT2D eigenvalue weighted by Gasteiger charge is 2.40. The molecule has 0 atom stereocenters. The Labute approximate surface area is 145 Å². The van der Waals surface area contributed by atoms with Gasteiger partial charge in [0, 0.05) is 26.2 Å². The first-order valence-corrected chi connectivity index (χ1v) is 9.80. The van der Waals surface area contributed by atoms with Crippen molar-refractivity contribution in [2.45, 2.75) is 37.4 Å². The lowest BCUT2D eigenvalue weighted by Crippen LogP contribution is -2.37. The third-order valence-corrected chi connectivity index (χ3v) is 6.81. The van der Waals surface area contributed by atoms with E-state index in [2.05, 4.69) is 9.64 Å². The fourth-order valence-corrected chi connectivity index (χ4v) is 4.86. The van der Waals surface area contributed by atoms with Crippen molar-refractivity contribution in [1.29, 1.82) is 0 Å². The minimum Gasteiger partial charge on any atom is -0.406 e. The van der Waals surface area contributed by atoms with E-state index in [4.69, 9.17) is 0 Å². The molecule has 1 aromatic rings. The molecule has 9 heteroatoms. The molecule has 0 amide bonds. The predicted octanol–water partition coefficient (Wildman–Crippen LogP) is 2.59. The second-order valence-corrected chi connectivity index (χ2v) is 8.68. The van der Waals surface area contributed by atoms with E-state index in [0.29, 0.717) is 26.2 Å². The molecule has 0 N–H and O–H groups in total. The molecule has 25 heavy (non-hydrogen) atoms. The van der Waals surface area contributed by atoms with Gasteiger partial charge in [-0.1, -0.05) is 12.1 Å². The lowest BCUT2D eigenvalue weighted by atomic mass is 10.2. The van der Waals surface area contributed by atoms with Gasteiger partial charge < -0.3 is 4.74 Å². The Bertz CT molecular complexity index is 688. The van der Waals surface area contributed by atoms with E-state index in [1.807, 2.05) is 0 Å². The van der Waals surface area contributed by atoms with Crippen LogP contribution >= 0.6 is 0 Å². The standard InChI is InChI=1S/C16H21F3N2O3S/c17-16(18,19)24-14-4-2-13(3-5-14)12-20-8-1-9-21(11-10-20)25(22,23)15-6-7-15/h2-5,15H,1,6-12H2. The molecular formula is C16H21F3N2O3S. The molecule has 1 saturated heterocycles. The SMILES string of the molecule is O=S(=O)(C1CC1)N1CCCN(Cc2ccc(OC(F)(F)F)cc2)CC1. The summed E-state index contributed by atoms with van der Waals surface area (Å²) < 4.78 is 66.6. The summed E-state index contributed by atoms with van der Waals surface area (Å²) in [4.78, 5) is 2.13. The number of sulfonamides is 1. The average Bonchev–Trinajstić information content (AvgIpc) is 3.35. The van der Waals surface area contributed by atoms with Gasteiger partial charge in [0.2, 0.25) is 10.0 Å². The minimum absolute atomic E-state index is 0.194. The molecular weight excluding hydrogens is 357 g/mol. The fraction of sp³-hybridized carbons (Fsp3) is 0.625. The number of benzene rings is 1. The zero-order valence-corrected chi connectivity index (χ0v) is 14.5. The lowest BCUT2D eigenvalue weighted by molar-refractivity contribution is -0.274. The van der Waals surface area contributed by atoms with Gasteiger partial charge in [-0.25, -0.2) is 12.7 Å². The molecule has 2 fully saturated rings. The Balaban J connectivity index is 1.55. The molecule has 2 aliphatic rings. The molecule has 1 aromatic carbocycles. The van der Waals surface area contributed by atoms with E-state index in [1.165, 1.54) is 12.1 Å². The molecule has 3 rings (SSSR count). The highest BCUT2D eigenvalue weighted by Crippen LogP contribution is 2.31. The number of nitrogens with zero attached hydrogens (tertiary/aromatic N) is 2. The Hall–Kier alpha value is -1.32. The average molecular weight is 378 g/mol. The summed E-state index contributed by atoms with van der Waals surface area (Å²) in [7, 11) is -3.15. The summed E-state index contributed by atoms with van der Waals surface area (Å²) in [5.41, 5.74) is 0.869. The number of ether oxygens (including phenoxy) is 1. The van der Waals surface area contributed by atoms with Gasteiger partial charge in [0.15, 0.2) is 0 Å². The fourth-order valence-electron chi connectivity index (χ4n) is 2.99. The van der Waals surface area contributed by atoms with Gasteiger partial charge in [0.25, 0.3) is 0 Å². The second-order valence-electron chi connectivity index (χ2n) is 6.46. The van der Waals surface area contributed by atoms with Crippen molar-refractivity contribution in [3.8, 4) is 5.75 Å². The molecule has 140 valence electrons. The second kappa shape index (κ2) is 7.13. The van der Waals surface area contributed by atoms with Crippen LogP contribution in [0.5, 0.6) is 5.75 Å². The molecule has 1 heterocycles. The molecule has 0 unspecified atom stereocenters. The van der Waals surface area contributed by atoms with E-state index >= 15 is 0 Å². The predicted molar refractivity (Wildman–Crippen MR) is 86.5 cm³/mol. The number of hydrogen-bond donors (Lipinski definition) is 0. The van der Waals surface area contributed by atoms with Crippen LogP contribution < -0.4 is 4.74 Å². The highest BCUT2D eigenvalue weighted by molar-refractivity contribution is 7.90. The summed E-state index contributed by atoms with van der Waals surface area (Å²) in [6.45, 7) is 2.95. The van der Waals surface area contributed by atoms with Crippen molar-refractivity contribution >= 4 is 10.0 Å². The van der Waals surface area contributed by atoms with Crippen LogP contribution in [-0.4, -0.2) is 55.4 Å². The van der Waals surface area contributed by atoms with Crippen molar-refractivity contribution in [3.05, 3.63) is 29.8 Å². The van der Waals surface area contributed by atoms with Gasteiger partial charge in [0.1, 0.15) is 5.75 Å². The van der Waals surface area contributed by atoms with Crippen LogP contribution in [0.1, 0.15) is 24.8 Å². The normalized spacial score (nSPS) is 21.1. The van der Waals surface area contributed by atoms with Crippen LogP contribution in [0.15, 0.2) is 24.3 Å². The first kappa shape index (κ1) is 18.5. The Morgan fingerprint density at radius 2 is 1.72 bits per heavy atom. The van der Waals surface area contributed by atoms with Crippen LogP contribution in [-0.2, 0) is 16.6 Å². The maximum absolute atomic E-state index is 12.3. The first-order chi connectivity index (χ1) is 11.7. The number of halogens is 3. The van der Waals surface area contributed by atoms with E-state index in [1.54, 1.807) is 16.4 Å². The Morgan fingerprint density at radius 3 is 2.32 bits per heavy atom. The maximum Gasteiger partial charge on any atom is 0.573 e. The molecule has 0 bridgehead atoms. The smallest absolute Gasteiger partial charge is 0.406 e. The molecule has 5 nitrogen and oxygen atoms in total. The summed E-state index contributed by atoms with van der Waals surface area (Å²) in [5.74, 6) is -0.242. The Kier molecular flexibility index (Phi) is 5.26. The van der Waals surface area contributed by atoms with Crippen LogP contribution in [0.25, 0.3) is 0 Å². The number of hydrogen-bond acceptors (Lipinski definition) is 4. The Morgan fingerprint density at radius 1 is 1.04 bits per heavy atom. The topological polar surface area (TPSA) is 49.9 Å². The van der Waals surface area contributed by atoms with Crippen molar-refractivity contribution in [1.82, 2.24) is 9.21 Å². The molecule has 0 aromatic heterocycles. The van der Waals surface area contributed by atoms with Gasteiger partial charge in [-0.3, -0.25) is 4.90 Å². The molecule has 1 aliphatic heterocycles. The van der Waals surface area contributed by atoms with E-state index in [0.717, 1.165) is 31.4 Å². The summed E-state index contributed by atoms with van der Waals surface area (Å²) in [6, 6.07) is 5.80. The maximum atomic E-state index is 12.3. The van der Waals surface area contributed by atoms with E-state index < -0.39 is 16.4 Å². The first-order valence-electron chi connectivity index (χ1n) is 8.30. The lowest BCUT2D eigenvalue weighted by Gasteiger charge is -2.21. The van der Waals surface area contributed by atoms with Gasteiger partial charge in [-0.05, 0) is 43.5 Å². The van der Waals surface area contributed by atoms with Crippen LogP contribution in [0.2, 0.25) is 0 Å². The quantitative estimate of drug-likeness (QED) is 0.790. The van der Waals surface area contributed by atoms with Crippen LogP contribution in [0, 0.1) is 0 Å². The summed E-state index contributed by atoms with van der Waals surface area (Å²) in [5, 5.41) is -0.194. The van der Waals surface area contributed by atoms with Gasteiger partial charge >= 0.3 is 6.36 Å². The van der Waals surface area contributed by atoms with Crippen LogP contribution in [0.4, 0.5) is 13.2 Å². The number of rotatable bonds is 5. The van der Waals surface area contributed by atoms with Crippen molar-refractivity contribution in [3.63, 3.8) is 0 Å². The minimum atomic E-state index is -4.69. The summed E-state index contributed by atoms with van der Waals surface area (Å²) in [6.07, 6.45) is -2.42. The van der Waals surface area contributed by atoms with Gasteiger partial charge in [0.05, 0.1) is 5.25 Å². The van der Waals surface area contributed by atoms with Crippen LogP contribution in [0.3, 0.4) is 0 Å². The summed E-state index contributed by atoms with van der Waals surface area (Å²) >= 11 is 0. The van der Waals surface area contributed by atoms with Gasteiger partial charge in [-0.2, -0.15) is 0 Å². The van der Waals surface area contributed by atoms with E-state index in [-0.39, 0.29) is 11.0 Å². The zero-order chi connectivity index (χ0) is 18.1. The van der Waals surface area contributed by atoms with Crippen molar-refractivity contribution in [2.24, 2.45) is 0 Å². The highest BCUT2D eigenvalue weighted by atomic mass is 32.2. The van der Waals surface area contributed by atoms with Crippen molar-refractivity contribution < 1.29 is 26.3 Å². The molecule has 1 aliphatic carbocycles. The molecule has 0 spiro atoms. The monoisotopic (exact) mass is 378 g/mol. The van der Waals surface area contributed by atoms with Crippen molar-refractivity contribution in [2.75, 3.05) is 26.2 Å². The molecule has 1 saturated carbocycles. The third kappa shape index (κ3) is 5.08. The van der Waals surface area contributed by atoms with Gasteiger partial charge in [-0.15, -0.1) is 13.2 Å².